The van der Waals surface area contributed by atoms with E-state index in [0.717, 1.165) is 11.1 Å². The number of hydrogen-bond donors (Lipinski definition) is 2. The molecule has 2 aromatic rings. The van der Waals surface area contributed by atoms with Gasteiger partial charge in [0.2, 0.25) is 5.91 Å². The number of nitrogens with one attached hydrogen (secondary N) is 1. The molecule has 0 saturated carbocycles. The number of aryl methyl sites for hydroxylation is 1. The number of rotatable bonds is 7. The van der Waals surface area contributed by atoms with Crippen molar-refractivity contribution in [3.63, 3.8) is 0 Å². The van der Waals surface area contributed by atoms with Crippen LogP contribution in [0.1, 0.15) is 36.1 Å². The van der Waals surface area contributed by atoms with Gasteiger partial charge in [-0.15, -0.1) is 0 Å². The van der Waals surface area contributed by atoms with Gasteiger partial charge < -0.3 is 10.4 Å². The van der Waals surface area contributed by atoms with Crippen molar-refractivity contribution in [2.24, 2.45) is 5.92 Å². The molecule has 2 aromatic carbocycles. The third-order valence-electron chi connectivity index (χ3n) is 4.05. The average Bonchev–Trinajstić information content (AvgIpc) is 2.57. The van der Waals surface area contributed by atoms with E-state index in [0.29, 0.717) is 12.8 Å². The van der Waals surface area contributed by atoms with Crippen molar-refractivity contribution in [3.8, 4) is 0 Å². The molecule has 1 amide bonds. The van der Waals surface area contributed by atoms with Crippen molar-refractivity contribution < 1.29 is 9.90 Å². The zero-order chi connectivity index (χ0) is 16.7. The van der Waals surface area contributed by atoms with E-state index in [9.17, 15) is 9.90 Å². The Labute approximate surface area is 138 Å². The lowest BCUT2D eigenvalue weighted by Gasteiger charge is -2.21. The molecule has 0 saturated heterocycles. The minimum absolute atomic E-state index is 0.0212. The van der Waals surface area contributed by atoms with Crippen LogP contribution in [0.25, 0.3) is 0 Å². The van der Waals surface area contributed by atoms with Gasteiger partial charge in [-0.25, -0.2) is 0 Å². The monoisotopic (exact) mass is 311 g/mol. The number of amides is 1. The van der Waals surface area contributed by atoms with Gasteiger partial charge in [0.25, 0.3) is 0 Å². The first-order valence-corrected chi connectivity index (χ1v) is 8.12. The Kier molecular flexibility index (Phi) is 6.36. The molecular formula is C20H25NO2. The van der Waals surface area contributed by atoms with Crippen LogP contribution in [-0.2, 0) is 11.2 Å². The molecule has 0 fully saturated rings. The molecule has 2 N–H and O–H groups in total. The summed E-state index contributed by atoms with van der Waals surface area (Å²) in [4.78, 5) is 12.5. The number of aliphatic hydroxyl groups is 1. The van der Waals surface area contributed by atoms with E-state index in [1.807, 2.05) is 37.3 Å². The number of carbonyl (C=O) groups excluding carboxylic acids is 1. The van der Waals surface area contributed by atoms with Crippen molar-refractivity contribution in [3.05, 3.63) is 71.3 Å². The van der Waals surface area contributed by atoms with Crippen LogP contribution in [0, 0.1) is 12.8 Å². The topological polar surface area (TPSA) is 49.3 Å². The fourth-order valence-electron chi connectivity index (χ4n) is 2.62. The highest BCUT2D eigenvalue weighted by Gasteiger charge is 2.19. The molecule has 0 aliphatic heterocycles. The van der Waals surface area contributed by atoms with E-state index in [1.165, 1.54) is 5.56 Å². The van der Waals surface area contributed by atoms with Gasteiger partial charge in [-0.1, -0.05) is 67.1 Å². The summed E-state index contributed by atoms with van der Waals surface area (Å²) in [5.41, 5.74) is 3.41. The lowest BCUT2D eigenvalue weighted by atomic mass is 9.98. The molecule has 2 rings (SSSR count). The number of aliphatic hydroxyl groups excluding tert-OH is 1. The standard InChI is InChI=1S/C20H25NO2/c1-15-8-10-17(11-9-15)14-16(2)20(23)21-19(12-13-22)18-6-4-3-5-7-18/h3-11,16,19,22H,12-14H2,1-2H3,(H,21,23). The molecule has 0 aliphatic carbocycles. The zero-order valence-electron chi connectivity index (χ0n) is 13.8. The van der Waals surface area contributed by atoms with Gasteiger partial charge >= 0.3 is 0 Å². The van der Waals surface area contributed by atoms with E-state index in [2.05, 4.69) is 36.5 Å². The fourth-order valence-corrected chi connectivity index (χ4v) is 2.62. The Bertz CT molecular complexity index is 607. The first kappa shape index (κ1) is 17.2. The normalized spacial score (nSPS) is 13.3. The van der Waals surface area contributed by atoms with Gasteiger partial charge in [0, 0.05) is 12.5 Å². The summed E-state index contributed by atoms with van der Waals surface area (Å²) in [7, 11) is 0. The number of hydrogen-bond acceptors (Lipinski definition) is 2. The van der Waals surface area contributed by atoms with Crippen molar-refractivity contribution in [1.29, 1.82) is 0 Å². The van der Waals surface area contributed by atoms with Gasteiger partial charge in [-0.05, 0) is 30.9 Å². The molecule has 0 aliphatic rings. The SMILES string of the molecule is Cc1ccc(CC(C)C(=O)NC(CCO)c2ccccc2)cc1. The molecule has 23 heavy (non-hydrogen) atoms. The maximum atomic E-state index is 12.5. The Hall–Kier alpha value is -2.13. The van der Waals surface area contributed by atoms with Crippen LogP contribution in [-0.4, -0.2) is 17.6 Å². The molecule has 2 atom stereocenters. The predicted molar refractivity (Wildman–Crippen MR) is 93.1 cm³/mol. The average molecular weight is 311 g/mol. The lowest BCUT2D eigenvalue weighted by Crippen LogP contribution is -2.34. The fraction of sp³-hybridized carbons (Fsp3) is 0.350. The molecule has 0 aromatic heterocycles. The smallest absolute Gasteiger partial charge is 0.223 e. The van der Waals surface area contributed by atoms with E-state index < -0.39 is 0 Å². The van der Waals surface area contributed by atoms with Crippen molar-refractivity contribution >= 4 is 5.91 Å². The van der Waals surface area contributed by atoms with Crippen LogP contribution in [0.15, 0.2) is 54.6 Å². The summed E-state index contributed by atoms with van der Waals surface area (Å²) in [6.07, 6.45) is 1.24. The molecule has 0 bridgehead atoms. The predicted octanol–water partition coefficient (Wildman–Crippen LogP) is 3.41. The third kappa shape index (κ3) is 5.22. The van der Waals surface area contributed by atoms with E-state index >= 15 is 0 Å². The minimum atomic E-state index is -0.144. The summed E-state index contributed by atoms with van der Waals surface area (Å²) < 4.78 is 0. The first-order chi connectivity index (χ1) is 11.1. The van der Waals surface area contributed by atoms with Crippen LogP contribution in [0.3, 0.4) is 0 Å². The molecule has 3 heteroatoms. The summed E-state index contributed by atoms with van der Waals surface area (Å²) >= 11 is 0. The van der Waals surface area contributed by atoms with E-state index in [1.54, 1.807) is 0 Å². The molecule has 122 valence electrons. The summed E-state index contributed by atoms with van der Waals surface area (Å²) in [6, 6.07) is 17.9. The Morgan fingerprint density at radius 2 is 1.74 bits per heavy atom. The van der Waals surface area contributed by atoms with Crippen LogP contribution in [0.2, 0.25) is 0 Å². The van der Waals surface area contributed by atoms with Crippen molar-refractivity contribution in [1.82, 2.24) is 5.32 Å². The summed E-state index contributed by atoms with van der Waals surface area (Å²) in [6.45, 7) is 4.04. The third-order valence-corrected chi connectivity index (χ3v) is 4.05. The van der Waals surface area contributed by atoms with E-state index in [-0.39, 0.29) is 24.5 Å². The number of benzene rings is 2. The largest absolute Gasteiger partial charge is 0.396 e. The van der Waals surface area contributed by atoms with Gasteiger partial charge in [0.15, 0.2) is 0 Å². The van der Waals surface area contributed by atoms with Crippen molar-refractivity contribution in [2.75, 3.05) is 6.61 Å². The molecular weight excluding hydrogens is 286 g/mol. The second-order valence-corrected chi connectivity index (χ2v) is 6.07. The van der Waals surface area contributed by atoms with Crippen LogP contribution in [0.5, 0.6) is 0 Å². The summed E-state index contributed by atoms with van der Waals surface area (Å²) in [5, 5.41) is 12.3. The highest BCUT2D eigenvalue weighted by atomic mass is 16.3. The second-order valence-electron chi connectivity index (χ2n) is 6.07. The Morgan fingerprint density at radius 1 is 1.09 bits per heavy atom. The molecule has 2 unspecified atom stereocenters. The summed E-state index contributed by atoms with van der Waals surface area (Å²) in [5.74, 6) is -0.0875. The van der Waals surface area contributed by atoms with Gasteiger partial charge in [-0.3, -0.25) is 4.79 Å². The van der Waals surface area contributed by atoms with Gasteiger partial charge in [-0.2, -0.15) is 0 Å². The Balaban J connectivity index is 1.99. The minimum Gasteiger partial charge on any atom is -0.396 e. The van der Waals surface area contributed by atoms with Crippen LogP contribution < -0.4 is 5.32 Å². The number of carbonyl (C=O) groups is 1. The van der Waals surface area contributed by atoms with E-state index in [4.69, 9.17) is 0 Å². The van der Waals surface area contributed by atoms with Crippen LogP contribution in [0.4, 0.5) is 0 Å². The molecule has 3 nitrogen and oxygen atoms in total. The quantitative estimate of drug-likeness (QED) is 0.823. The van der Waals surface area contributed by atoms with Gasteiger partial charge in [0.1, 0.15) is 0 Å². The second kappa shape index (κ2) is 8.49. The highest BCUT2D eigenvalue weighted by Crippen LogP contribution is 2.18. The van der Waals surface area contributed by atoms with Gasteiger partial charge in [0.05, 0.1) is 6.04 Å². The maximum Gasteiger partial charge on any atom is 0.223 e. The first-order valence-electron chi connectivity index (χ1n) is 8.12. The lowest BCUT2D eigenvalue weighted by molar-refractivity contribution is -0.125. The molecule has 0 heterocycles. The molecule has 0 radical (unpaired) electrons. The maximum absolute atomic E-state index is 12.5. The zero-order valence-corrected chi connectivity index (χ0v) is 13.8. The molecule has 0 spiro atoms. The highest BCUT2D eigenvalue weighted by molar-refractivity contribution is 5.79. The Morgan fingerprint density at radius 3 is 2.35 bits per heavy atom. The van der Waals surface area contributed by atoms with Crippen molar-refractivity contribution in [2.45, 2.75) is 32.7 Å². The van der Waals surface area contributed by atoms with Crippen LogP contribution >= 0.6 is 0 Å².